The van der Waals surface area contributed by atoms with Gasteiger partial charge in [-0.05, 0) is 35.9 Å². The third-order valence-electron chi connectivity index (χ3n) is 2.99. The Morgan fingerprint density at radius 1 is 0.737 bits per heavy atom. The molecule has 0 saturated heterocycles. The largest absolute Gasteiger partial charge is 0.318 e. The summed E-state index contributed by atoms with van der Waals surface area (Å²) in [7, 11) is 0. The van der Waals surface area contributed by atoms with Crippen LogP contribution in [0.5, 0.6) is 0 Å². The van der Waals surface area contributed by atoms with E-state index in [2.05, 4.69) is 13.8 Å². The molecular weight excluding hydrogens is 299 g/mol. The van der Waals surface area contributed by atoms with Crippen molar-refractivity contribution in [1.82, 2.24) is 0 Å². The second-order valence-corrected chi connectivity index (χ2v) is 9.68. The van der Waals surface area contributed by atoms with Crippen molar-refractivity contribution >= 4 is 28.9 Å². The molecule has 2 nitrogen and oxygen atoms in total. The fourth-order valence-electron chi connectivity index (χ4n) is 1.80. The lowest BCUT2D eigenvalue weighted by Gasteiger charge is -2.15. The molecule has 5 heteroatoms. The molecule has 0 aromatic carbocycles. The zero-order valence-electron chi connectivity index (χ0n) is 12.5. The molecule has 0 unspecified atom stereocenters. The first-order valence-electron chi connectivity index (χ1n) is 7.71. The Bertz CT molecular complexity index is 219. The molecule has 0 aromatic rings. The Balaban J connectivity index is 3.39. The van der Waals surface area contributed by atoms with Crippen molar-refractivity contribution in [3.63, 3.8) is 0 Å². The van der Waals surface area contributed by atoms with E-state index in [-0.39, 0.29) is 0 Å². The molecular formula is C14H30ClO2PS. The van der Waals surface area contributed by atoms with Crippen LogP contribution >= 0.6 is 17.1 Å². The van der Waals surface area contributed by atoms with Crippen LogP contribution in [-0.4, -0.2) is 13.2 Å². The van der Waals surface area contributed by atoms with Crippen LogP contribution in [-0.2, 0) is 20.9 Å². The minimum absolute atomic E-state index is 0.639. The molecule has 0 aromatic heterocycles. The molecule has 19 heavy (non-hydrogen) atoms. The predicted octanol–water partition coefficient (Wildman–Crippen LogP) is 6.42. The topological polar surface area (TPSA) is 18.5 Å². The SMILES string of the molecule is CCCCCCCOP(=S)(Cl)OCCCCCCC. The van der Waals surface area contributed by atoms with E-state index in [1.54, 1.807) is 0 Å². The summed E-state index contributed by atoms with van der Waals surface area (Å²) in [4.78, 5) is 0. The van der Waals surface area contributed by atoms with Gasteiger partial charge in [-0.1, -0.05) is 65.2 Å². The van der Waals surface area contributed by atoms with Crippen molar-refractivity contribution in [2.24, 2.45) is 0 Å². The van der Waals surface area contributed by atoms with Gasteiger partial charge < -0.3 is 9.05 Å². The van der Waals surface area contributed by atoms with Crippen molar-refractivity contribution in [2.45, 2.75) is 78.1 Å². The van der Waals surface area contributed by atoms with E-state index in [1.165, 1.54) is 51.4 Å². The van der Waals surface area contributed by atoms with Gasteiger partial charge in [0.2, 0.25) is 0 Å². The van der Waals surface area contributed by atoms with Gasteiger partial charge in [-0.25, -0.2) is 0 Å². The summed E-state index contributed by atoms with van der Waals surface area (Å²) in [5.41, 5.74) is 0. The maximum absolute atomic E-state index is 6.10. The molecule has 0 aliphatic rings. The lowest BCUT2D eigenvalue weighted by atomic mass is 10.2. The summed E-state index contributed by atoms with van der Waals surface area (Å²) in [5.74, 6) is -2.50. The van der Waals surface area contributed by atoms with Crippen LogP contribution in [0.2, 0.25) is 0 Å². The molecule has 0 spiro atoms. The molecule has 0 fully saturated rings. The zero-order valence-corrected chi connectivity index (χ0v) is 15.0. The minimum atomic E-state index is -2.50. The van der Waals surface area contributed by atoms with Crippen molar-refractivity contribution in [2.75, 3.05) is 13.2 Å². The molecule has 0 radical (unpaired) electrons. The van der Waals surface area contributed by atoms with E-state index in [0.717, 1.165) is 12.8 Å². The van der Waals surface area contributed by atoms with E-state index >= 15 is 0 Å². The number of hydrogen-bond donors (Lipinski definition) is 0. The van der Waals surface area contributed by atoms with E-state index in [9.17, 15) is 0 Å². The average Bonchev–Trinajstić information content (AvgIpc) is 2.38. The first-order valence-corrected chi connectivity index (χ1v) is 11.3. The van der Waals surface area contributed by atoms with E-state index in [0.29, 0.717) is 13.2 Å². The maximum Gasteiger partial charge on any atom is 0.281 e. The van der Waals surface area contributed by atoms with Gasteiger partial charge in [0.1, 0.15) is 0 Å². The van der Waals surface area contributed by atoms with Crippen LogP contribution in [0.4, 0.5) is 0 Å². The van der Waals surface area contributed by atoms with Gasteiger partial charge >= 0.3 is 0 Å². The van der Waals surface area contributed by atoms with Gasteiger partial charge in [-0.3, -0.25) is 0 Å². The lowest BCUT2D eigenvalue weighted by molar-refractivity contribution is 0.248. The number of rotatable bonds is 14. The van der Waals surface area contributed by atoms with Gasteiger partial charge in [-0.15, -0.1) is 0 Å². The van der Waals surface area contributed by atoms with Gasteiger partial charge in [0, 0.05) is 0 Å². The molecule has 0 aliphatic heterocycles. The molecule has 0 atom stereocenters. The number of halogens is 1. The van der Waals surface area contributed by atoms with Crippen LogP contribution < -0.4 is 0 Å². The molecule has 0 bridgehead atoms. The second-order valence-electron chi connectivity index (χ2n) is 4.93. The Hall–Kier alpha value is 0.860. The van der Waals surface area contributed by atoms with Gasteiger partial charge in [0.15, 0.2) is 0 Å². The summed E-state index contributed by atoms with van der Waals surface area (Å²) in [6.07, 6.45) is 12.1. The highest BCUT2D eigenvalue weighted by atomic mass is 35.7. The van der Waals surface area contributed by atoms with Crippen LogP contribution in [0, 0.1) is 0 Å². The maximum atomic E-state index is 6.10. The monoisotopic (exact) mass is 328 g/mol. The van der Waals surface area contributed by atoms with Gasteiger partial charge in [-0.2, -0.15) is 0 Å². The molecule has 0 aliphatic carbocycles. The van der Waals surface area contributed by atoms with Crippen LogP contribution in [0.25, 0.3) is 0 Å². The molecule has 0 amide bonds. The Kier molecular flexibility index (Phi) is 14.5. The highest BCUT2D eigenvalue weighted by Crippen LogP contribution is 2.54. The van der Waals surface area contributed by atoms with Crippen LogP contribution in [0.3, 0.4) is 0 Å². The summed E-state index contributed by atoms with van der Waals surface area (Å²) in [5, 5.41) is 0. The van der Waals surface area contributed by atoms with Crippen LogP contribution in [0.15, 0.2) is 0 Å². The van der Waals surface area contributed by atoms with E-state index in [1.807, 2.05) is 0 Å². The Labute approximate surface area is 129 Å². The second kappa shape index (κ2) is 13.8. The molecule has 0 rings (SSSR count). The van der Waals surface area contributed by atoms with Gasteiger partial charge in [0.05, 0.1) is 13.2 Å². The normalized spacial score (nSPS) is 11.9. The first kappa shape index (κ1) is 19.9. The van der Waals surface area contributed by atoms with Crippen molar-refractivity contribution in [3.8, 4) is 0 Å². The fraction of sp³-hybridized carbons (Fsp3) is 1.00. The number of unbranched alkanes of at least 4 members (excludes halogenated alkanes) is 8. The molecule has 0 N–H and O–H groups in total. The third kappa shape index (κ3) is 15.1. The zero-order chi connectivity index (χ0) is 14.4. The average molecular weight is 329 g/mol. The molecule has 116 valence electrons. The Morgan fingerprint density at radius 2 is 1.11 bits per heavy atom. The third-order valence-corrected chi connectivity index (χ3v) is 5.19. The number of hydrogen-bond acceptors (Lipinski definition) is 3. The highest BCUT2D eigenvalue weighted by molar-refractivity contribution is 8.22. The summed E-state index contributed by atoms with van der Waals surface area (Å²) in [6.45, 7) is 5.70. The highest BCUT2D eigenvalue weighted by Gasteiger charge is 2.14. The predicted molar refractivity (Wildman–Crippen MR) is 89.6 cm³/mol. The standard InChI is InChI=1S/C14H30ClO2PS/c1-3-5-7-9-11-13-16-18(15,19)17-14-12-10-8-6-4-2/h3-14H2,1-2H3. The summed E-state index contributed by atoms with van der Waals surface area (Å²) in [6, 6.07) is 0. The molecule has 0 heterocycles. The van der Waals surface area contributed by atoms with E-state index < -0.39 is 5.84 Å². The molecule has 0 saturated carbocycles. The summed E-state index contributed by atoms with van der Waals surface area (Å²) < 4.78 is 11.0. The first-order chi connectivity index (χ1) is 9.12. The fourth-order valence-corrected chi connectivity index (χ4v) is 3.43. The smallest absolute Gasteiger partial charge is 0.281 e. The minimum Gasteiger partial charge on any atom is -0.318 e. The quantitative estimate of drug-likeness (QED) is 0.270. The van der Waals surface area contributed by atoms with Crippen molar-refractivity contribution in [3.05, 3.63) is 0 Å². The van der Waals surface area contributed by atoms with Crippen molar-refractivity contribution < 1.29 is 9.05 Å². The van der Waals surface area contributed by atoms with Crippen LogP contribution in [0.1, 0.15) is 78.1 Å². The summed E-state index contributed by atoms with van der Waals surface area (Å²) >= 11 is 11.3. The van der Waals surface area contributed by atoms with E-state index in [4.69, 9.17) is 32.1 Å². The Morgan fingerprint density at radius 3 is 1.47 bits per heavy atom. The lowest BCUT2D eigenvalue weighted by Crippen LogP contribution is -1.95. The van der Waals surface area contributed by atoms with Crippen molar-refractivity contribution in [1.29, 1.82) is 0 Å². The van der Waals surface area contributed by atoms with Gasteiger partial charge in [0.25, 0.3) is 5.84 Å².